The molecule has 20 heavy (non-hydrogen) atoms. The SMILES string of the molecule is CCCCC(CC)Nc1ccccc1N1CCOCC1. The first-order chi connectivity index (χ1) is 9.85. The summed E-state index contributed by atoms with van der Waals surface area (Å²) in [6, 6.07) is 9.26. The lowest BCUT2D eigenvalue weighted by Gasteiger charge is -2.31. The van der Waals surface area contributed by atoms with E-state index < -0.39 is 0 Å². The fraction of sp³-hybridized carbons (Fsp3) is 0.647. The van der Waals surface area contributed by atoms with Crippen LogP contribution < -0.4 is 10.2 Å². The van der Waals surface area contributed by atoms with Crippen molar-refractivity contribution in [1.82, 2.24) is 0 Å². The van der Waals surface area contributed by atoms with E-state index in [9.17, 15) is 0 Å². The fourth-order valence-electron chi connectivity index (χ4n) is 2.72. The molecule has 1 unspecified atom stereocenters. The second kappa shape index (κ2) is 8.15. The number of benzene rings is 1. The van der Waals surface area contributed by atoms with E-state index in [4.69, 9.17) is 4.74 Å². The third kappa shape index (κ3) is 4.14. The minimum Gasteiger partial charge on any atom is -0.381 e. The lowest BCUT2D eigenvalue weighted by molar-refractivity contribution is 0.123. The van der Waals surface area contributed by atoms with Crippen LogP contribution in [0.5, 0.6) is 0 Å². The van der Waals surface area contributed by atoms with Gasteiger partial charge < -0.3 is 15.0 Å². The van der Waals surface area contributed by atoms with Crippen LogP contribution in [0.4, 0.5) is 11.4 Å². The number of hydrogen-bond donors (Lipinski definition) is 1. The van der Waals surface area contributed by atoms with Gasteiger partial charge in [0.05, 0.1) is 24.6 Å². The molecule has 0 bridgehead atoms. The van der Waals surface area contributed by atoms with Gasteiger partial charge in [0.2, 0.25) is 0 Å². The molecule has 0 amide bonds. The van der Waals surface area contributed by atoms with Crippen molar-refractivity contribution < 1.29 is 4.74 Å². The van der Waals surface area contributed by atoms with E-state index in [-0.39, 0.29) is 0 Å². The lowest BCUT2D eigenvalue weighted by atomic mass is 10.1. The van der Waals surface area contributed by atoms with Crippen molar-refractivity contribution in [3.63, 3.8) is 0 Å². The summed E-state index contributed by atoms with van der Waals surface area (Å²) in [5.74, 6) is 0. The molecule has 0 saturated carbocycles. The number of hydrogen-bond acceptors (Lipinski definition) is 3. The summed E-state index contributed by atoms with van der Waals surface area (Å²) in [5, 5.41) is 3.75. The maximum atomic E-state index is 5.45. The van der Waals surface area contributed by atoms with Crippen molar-refractivity contribution in [3.8, 4) is 0 Å². The van der Waals surface area contributed by atoms with Crippen LogP contribution in [-0.2, 0) is 4.74 Å². The van der Waals surface area contributed by atoms with Crippen molar-refractivity contribution in [2.75, 3.05) is 36.5 Å². The predicted molar refractivity (Wildman–Crippen MR) is 86.7 cm³/mol. The van der Waals surface area contributed by atoms with Gasteiger partial charge in [0, 0.05) is 19.1 Å². The zero-order chi connectivity index (χ0) is 14.2. The molecule has 1 atom stereocenters. The van der Waals surface area contributed by atoms with Crippen molar-refractivity contribution >= 4 is 11.4 Å². The first-order valence-electron chi connectivity index (χ1n) is 8.03. The Morgan fingerprint density at radius 1 is 1.20 bits per heavy atom. The molecule has 1 N–H and O–H groups in total. The molecular weight excluding hydrogens is 248 g/mol. The Balaban J connectivity index is 2.06. The monoisotopic (exact) mass is 276 g/mol. The van der Waals surface area contributed by atoms with Gasteiger partial charge in [-0.2, -0.15) is 0 Å². The van der Waals surface area contributed by atoms with Gasteiger partial charge in [0.1, 0.15) is 0 Å². The van der Waals surface area contributed by atoms with E-state index in [1.165, 1.54) is 37.1 Å². The highest BCUT2D eigenvalue weighted by Crippen LogP contribution is 2.28. The number of para-hydroxylation sites is 2. The van der Waals surface area contributed by atoms with Gasteiger partial charge in [-0.05, 0) is 25.0 Å². The Hall–Kier alpha value is -1.22. The van der Waals surface area contributed by atoms with E-state index in [1.54, 1.807) is 0 Å². The van der Waals surface area contributed by atoms with Gasteiger partial charge in [-0.25, -0.2) is 0 Å². The van der Waals surface area contributed by atoms with Gasteiger partial charge >= 0.3 is 0 Å². The first-order valence-corrected chi connectivity index (χ1v) is 8.03. The average Bonchev–Trinajstić information content (AvgIpc) is 2.52. The smallest absolute Gasteiger partial charge is 0.0642 e. The highest BCUT2D eigenvalue weighted by molar-refractivity contribution is 5.70. The largest absolute Gasteiger partial charge is 0.381 e. The molecule has 1 heterocycles. The zero-order valence-electron chi connectivity index (χ0n) is 12.9. The third-order valence-corrected chi connectivity index (χ3v) is 4.01. The molecule has 0 radical (unpaired) electrons. The van der Waals surface area contributed by atoms with Gasteiger partial charge in [-0.3, -0.25) is 0 Å². The minimum atomic E-state index is 0.581. The normalized spacial score (nSPS) is 17.0. The number of morpholine rings is 1. The van der Waals surface area contributed by atoms with Crippen LogP contribution in [0.15, 0.2) is 24.3 Å². The molecule has 112 valence electrons. The Morgan fingerprint density at radius 3 is 2.65 bits per heavy atom. The number of anilines is 2. The number of nitrogens with zero attached hydrogens (tertiary/aromatic N) is 1. The van der Waals surface area contributed by atoms with Crippen molar-refractivity contribution in [1.29, 1.82) is 0 Å². The highest BCUT2D eigenvalue weighted by atomic mass is 16.5. The van der Waals surface area contributed by atoms with E-state index >= 15 is 0 Å². The van der Waals surface area contributed by atoms with Crippen LogP contribution in [0.1, 0.15) is 39.5 Å². The summed E-state index contributed by atoms with van der Waals surface area (Å²) >= 11 is 0. The second-order valence-electron chi connectivity index (χ2n) is 5.51. The van der Waals surface area contributed by atoms with E-state index in [1.807, 2.05) is 0 Å². The number of unbranched alkanes of at least 4 members (excludes halogenated alkanes) is 1. The summed E-state index contributed by atoms with van der Waals surface area (Å²) in [6.07, 6.45) is 5.00. The quantitative estimate of drug-likeness (QED) is 0.817. The molecule has 1 aromatic rings. The van der Waals surface area contributed by atoms with Crippen LogP contribution in [-0.4, -0.2) is 32.3 Å². The highest BCUT2D eigenvalue weighted by Gasteiger charge is 2.15. The molecule has 3 nitrogen and oxygen atoms in total. The van der Waals surface area contributed by atoms with Crippen LogP contribution in [0.25, 0.3) is 0 Å². The van der Waals surface area contributed by atoms with Crippen molar-refractivity contribution in [3.05, 3.63) is 24.3 Å². The molecule has 1 aliphatic heterocycles. The van der Waals surface area contributed by atoms with Gasteiger partial charge in [0.15, 0.2) is 0 Å². The molecular formula is C17H28N2O. The van der Waals surface area contributed by atoms with Gasteiger partial charge in [-0.1, -0.05) is 38.8 Å². The van der Waals surface area contributed by atoms with Crippen LogP contribution in [0.3, 0.4) is 0 Å². The van der Waals surface area contributed by atoms with E-state index in [0.717, 1.165) is 26.3 Å². The van der Waals surface area contributed by atoms with E-state index in [0.29, 0.717) is 6.04 Å². The molecule has 3 heteroatoms. The Morgan fingerprint density at radius 2 is 1.95 bits per heavy atom. The minimum absolute atomic E-state index is 0.581. The maximum absolute atomic E-state index is 5.45. The Kier molecular flexibility index (Phi) is 6.19. The summed E-state index contributed by atoms with van der Waals surface area (Å²) < 4.78 is 5.45. The number of nitrogens with one attached hydrogen (secondary N) is 1. The third-order valence-electron chi connectivity index (χ3n) is 4.01. The Bertz CT molecular complexity index is 388. The molecule has 0 aliphatic carbocycles. The molecule has 1 fully saturated rings. The average molecular weight is 276 g/mol. The van der Waals surface area contributed by atoms with Gasteiger partial charge in [-0.15, -0.1) is 0 Å². The van der Waals surface area contributed by atoms with Crippen LogP contribution in [0, 0.1) is 0 Å². The summed E-state index contributed by atoms with van der Waals surface area (Å²) in [5.41, 5.74) is 2.60. The summed E-state index contributed by atoms with van der Waals surface area (Å²) in [6.45, 7) is 8.18. The second-order valence-corrected chi connectivity index (χ2v) is 5.51. The Labute approximate surface area is 123 Å². The van der Waals surface area contributed by atoms with Crippen LogP contribution in [0.2, 0.25) is 0 Å². The van der Waals surface area contributed by atoms with Crippen molar-refractivity contribution in [2.45, 2.75) is 45.6 Å². The van der Waals surface area contributed by atoms with Crippen molar-refractivity contribution in [2.24, 2.45) is 0 Å². The standard InChI is InChI=1S/C17H28N2O/c1-3-5-8-15(4-2)18-16-9-6-7-10-17(16)19-11-13-20-14-12-19/h6-7,9-10,15,18H,3-5,8,11-14H2,1-2H3. The van der Waals surface area contributed by atoms with Gasteiger partial charge in [0.25, 0.3) is 0 Å². The molecule has 1 saturated heterocycles. The fourth-order valence-corrected chi connectivity index (χ4v) is 2.72. The lowest BCUT2D eigenvalue weighted by Crippen LogP contribution is -2.37. The molecule has 1 aromatic carbocycles. The topological polar surface area (TPSA) is 24.5 Å². The van der Waals surface area contributed by atoms with Crippen LogP contribution >= 0.6 is 0 Å². The molecule has 0 aromatic heterocycles. The predicted octanol–water partition coefficient (Wildman–Crippen LogP) is 3.90. The summed E-state index contributed by atoms with van der Waals surface area (Å²) in [4.78, 5) is 2.43. The summed E-state index contributed by atoms with van der Waals surface area (Å²) in [7, 11) is 0. The number of rotatable bonds is 7. The van der Waals surface area contributed by atoms with E-state index in [2.05, 4.69) is 48.3 Å². The number of ether oxygens (including phenoxy) is 1. The zero-order valence-corrected chi connectivity index (χ0v) is 12.9. The maximum Gasteiger partial charge on any atom is 0.0642 e. The molecule has 1 aliphatic rings. The molecule has 0 spiro atoms. The molecule has 2 rings (SSSR count). The first kappa shape index (κ1) is 15.2.